The van der Waals surface area contributed by atoms with E-state index in [0.717, 1.165) is 24.0 Å². The molecule has 154 valence electrons. The van der Waals surface area contributed by atoms with Crippen molar-refractivity contribution < 1.29 is 23.8 Å². The molecule has 2 aromatic carbocycles. The number of likely N-dealkylation sites (tertiary alicyclic amines) is 1. The maximum absolute atomic E-state index is 11.6. The maximum atomic E-state index is 11.6. The molecule has 0 saturated carbocycles. The Morgan fingerprint density at radius 3 is 2.63 bits per heavy atom. The minimum atomic E-state index is 0.0994. The van der Waals surface area contributed by atoms with Gasteiger partial charge in [-0.05, 0) is 43.2 Å². The number of phenolic OH excluding ortho intramolecular Hbond substituents is 1. The number of ether oxygens (including phenoxy) is 2. The van der Waals surface area contributed by atoms with Crippen molar-refractivity contribution in [2.45, 2.75) is 25.7 Å². The Bertz CT molecular complexity index is 1100. The lowest BCUT2D eigenvalue weighted by atomic mass is 9.97. The molecule has 7 heteroatoms. The Morgan fingerprint density at radius 1 is 1.07 bits per heavy atom. The second kappa shape index (κ2) is 7.40. The molecule has 1 aromatic heterocycles. The van der Waals surface area contributed by atoms with E-state index in [0.29, 0.717) is 41.9 Å². The van der Waals surface area contributed by atoms with Crippen molar-refractivity contribution in [3.05, 3.63) is 48.4 Å². The van der Waals surface area contributed by atoms with Crippen molar-refractivity contribution in [3.63, 3.8) is 0 Å². The highest BCUT2D eigenvalue weighted by atomic mass is 16.7. The number of aromatic nitrogens is 1. The van der Waals surface area contributed by atoms with Crippen molar-refractivity contribution in [1.82, 2.24) is 9.88 Å². The van der Waals surface area contributed by atoms with Gasteiger partial charge >= 0.3 is 0 Å². The minimum Gasteiger partial charge on any atom is -0.508 e. The zero-order valence-corrected chi connectivity index (χ0v) is 16.6. The first kappa shape index (κ1) is 18.5. The second-order valence-electron chi connectivity index (χ2n) is 7.63. The van der Waals surface area contributed by atoms with Crippen LogP contribution < -0.4 is 9.47 Å². The topological polar surface area (TPSA) is 85.0 Å². The van der Waals surface area contributed by atoms with Crippen molar-refractivity contribution in [1.29, 1.82) is 0 Å². The van der Waals surface area contributed by atoms with E-state index in [1.54, 1.807) is 25.1 Å². The number of hydrogen-bond donors (Lipinski definition) is 1. The fourth-order valence-electron chi connectivity index (χ4n) is 4.03. The number of phenols is 1. The van der Waals surface area contributed by atoms with Gasteiger partial charge in [-0.1, -0.05) is 12.1 Å². The van der Waals surface area contributed by atoms with Gasteiger partial charge in [0.05, 0.1) is 0 Å². The molecule has 2 aliphatic rings. The number of aromatic hydroxyl groups is 1. The Balaban J connectivity index is 1.54. The van der Waals surface area contributed by atoms with Gasteiger partial charge in [0.25, 0.3) is 0 Å². The van der Waals surface area contributed by atoms with Gasteiger partial charge in [-0.2, -0.15) is 0 Å². The summed E-state index contributed by atoms with van der Waals surface area (Å²) in [6.07, 6.45) is 1.61. The van der Waals surface area contributed by atoms with Gasteiger partial charge in [0.2, 0.25) is 12.7 Å². The highest BCUT2D eigenvalue weighted by Gasteiger charge is 2.28. The molecular weight excluding hydrogens is 384 g/mol. The highest BCUT2D eigenvalue weighted by molar-refractivity contribution is 5.79. The van der Waals surface area contributed by atoms with E-state index >= 15 is 0 Å². The molecule has 0 atom stereocenters. The number of hydrogen-bond acceptors (Lipinski definition) is 6. The summed E-state index contributed by atoms with van der Waals surface area (Å²) in [5.74, 6) is 3.04. The van der Waals surface area contributed by atoms with E-state index in [9.17, 15) is 9.90 Å². The number of benzene rings is 2. The zero-order valence-electron chi connectivity index (χ0n) is 16.6. The molecule has 5 rings (SSSR count). The maximum Gasteiger partial charge on any atom is 0.231 e. The van der Waals surface area contributed by atoms with Crippen LogP contribution in [0, 0.1) is 0 Å². The molecule has 3 heterocycles. The fraction of sp³-hybridized carbons (Fsp3) is 0.304. The molecule has 2 aliphatic heterocycles. The van der Waals surface area contributed by atoms with E-state index in [1.165, 1.54) is 0 Å². The summed E-state index contributed by atoms with van der Waals surface area (Å²) in [6, 6.07) is 12.6. The number of carbonyl (C=O) groups is 1. The summed E-state index contributed by atoms with van der Waals surface area (Å²) in [7, 11) is 0. The molecule has 0 bridgehead atoms. The molecule has 7 nitrogen and oxygen atoms in total. The van der Waals surface area contributed by atoms with Crippen molar-refractivity contribution in [2.75, 3.05) is 19.9 Å². The Morgan fingerprint density at radius 2 is 1.87 bits per heavy atom. The van der Waals surface area contributed by atoms with Gasteiger partial charge in [0, 0.05) is 37.1 Å². The molecule has 0 radical (unpaired) electrons. The molecule has 3 aromatic rings. The van der Waals surface area contributed by atoms with Crippen LogP contribution in [0.25, 0.3) is 22.6 Å². The van der Waals surface area contributed by atoms with E-state index in [4.69, 9.17) is 18.9 Å². The zero-order chi connectivity index (χ0) is 20.7. The Hall–Kier alpha value is -3.48. The number of nitrogens with zero attached hydrogens (tertiary/aromatic N) is 2. The standard InChI is InChI=1S/C23H22N2O5/c1-14(26)25-9-7-15(8-10-25)23-24-21(16-5-6-19-20(12-16)29-13-28-19)22(30-23)17-3-2-4-18(27)11-17/h2-6,11-12,15,27H,7-10,13H2,1H3. The monoisotopic (exact) mass is 406 g/mol. The molecule has 0 spiro atoms. The van der Waals surface area contributed by atoms with Crippen LogP contribution in [0.1, 0.15) is 31.6 Å². The molecule has 0 aliphatic carbocycles. The smallest absolute Gasteiger partial charge is 0.231 e. The predicted molar refractivity (Wildman–Crippen MR) is 109 cm³/mol. The highest BCUT2D eigenvalue weighted by Crippen LogP contribution is 2.41. The average molecular weight is 406 g/mol. The van der Waals surface area contributed by atoms with Crippen molar-refractivity contribution in [3.8, 4) is 39.8 Å². The Labute approximate surface area is 173 Å². The molecule has 1 fully saturated rings. The van der Waals surface area contributed by atoms with Crippen LogP contribution in [0.15, 0.2) is 46.9 Å². The third kappa shape index (κ3) is 3.36. The molecule has 1 N–H and O–H groups in total. The van der Waals surface area contributed by atoms with Crippen LogP contribution in [0.2, 0.25) is 0 Å². The summed E-state index contributed by atoms with van der Waals surface area (Å²) >= 11 is 0. The van der Waals surface area contributed by atoms with Gasteiger partial charge < -0.3 is 23.9 Å². The lowest BCUT2D eigenvalue weighted by molar-refractivity contribution is -0.129. The number of piperidine rings is 1. The minimum absolute atomic E-state index is 0.0994. The van der Waals surface area contributed by atoms with Crippen LogP contribution in [0.5, 0.6) is 17.2 Å². The second-order valence-corrected chi connectivity index (χ2v) is 7.63. The van der Waals surface area contributed by atoms with Crippen molar-refractivity contribution >= 4 is 5.91 Å². The molecule has 30 heavy (non-hydrogen) atoms. The van der Waals surface area contributed by atoms with Gasteiger partial charge in [0.1, 0.15) is 11.4 Å². The van der Waals surface area contributed by atoms with Gasteiger partial charge in [-0.25, -0.2) is 4.98 Å². The van der Waals surface area contributed by atoms with E-state index < -0.39 is 0 Å². The first-order valence-electron chi connectivity index (χ1n) is 10.0. The SMILES string of the molecule is CC(=O)N1CCC(c2nc(-c3ccc4c(c3)OCO4)c(-c3cccc(O)c3)o2)CC1. The summed E-state index contributed by atoms with van der Waals surface area (Å²) in [5.41, 5.74) is 2.30. The van der Waals surface area contributed by atoms with E-state index in [2.05, 4.69) is 0 Å². The fourth-order valence-corrected chi connectivity index (χ4v) is 4.03. The number of oxazole rings is 1. The largest absolute Gasteiger partial charge is 0.508 e. The third-order valence-corrected chi connectivity index (χ3v) is 5.69. The summed E-state index contributed by atoms with van der Waals surface area (Å²) in [4.78, 5) is 18.3. The van der Waals surface area contributed by atoms with Crippen LogP contribution in [0.3, 0.4) is 0 Å². The van der Waals surface area contributed by atoms with Gasteiger partial charge in [-0.15, -0.1) is 0 Å². The first-order valence-corrected chi connectivity index (χ1v) is 10.0. The lowest BCUT2D eigenvalue weighted by Crippen LogP contribution is -2.36. The molecular formula is C23H22N2O5. The Kier molecular flexibility index (Phi) is 4.58. The summed E-state index contributed by atoms with van der Waals surface area (Å²) < 4.78 is 17.2. The van der Waals surface area contributed by atoms with Crippen LogP contribution in [-0.2, 0) is 4.79 Å². The number of carbonyl (C=O) groups excluding carboxylic acids is 1. The van der Waals surface area contributed by atoms with Gasteiger partial charge in [0.15, 0.2) is 23.1 Å². The van der Waals surface area contributed by atoms with Gasteiger partial charge in [-0.3, -0.25) is 4.79 Å². The van der Waals surface area contributed by atoms with Crippen molar-refractivity contribution in [2.24, 2.45) is 0 Å². The average Bonchev–Trinajstić information content (AvgIpc) is 3.40. The lowest BCUT2D eigenvalue weighted by Gasteiger charge is -2.29. The van der Waals surface area contributed by atoms with Crippen LogP contribution in [0.4, 0.5) is 0 Å². The summed E-state index contributed by atoms with van der Waals surface area (Å²) in [6.45, 7) is 3.20. The molecule has 1 amide bonds. The number of amides is 1. The summed E-state index contributed by atoms with van der Waals surface area (Å²) in [5, 5.41) is 9.96. The predicted octanol–water partition coefficient (Wildman–Crippen LogP) is 4.17. The third-order valence-electron chi connectivity index (χ3n) is 5.69. The number of rotatable bonds is 3. The van der Waals surface area contributed by atoms with Crippen LogP contribution >= 0.6 is 0 Å². The van der Waals surface area contributed by atoms with E-state index in [-0.39, 0.29) is 24.4 Å². The molecule has 0 unspecified atom stereocenters. The normalized spacial score (nSPS) is 16.1. The van der Waals surface area contributed by atoms with E-state index in [1.807, 2.05) is 29.2 Å². The quantitative estimate of drug-likeness (QED) is 0.703. The molecule has 1 saturated heterocycles. The first-order chi connectivity index (χ1) is 14.6. The number of fused-ring (bicyclic) bond motifs is 1. The van der Waals surface area contributed by atoms with Crippen LogP contribution in [-0.4, -0.2) is 40.8 Å².